The smallest absolute Gasteiger partial charge is 0.140 e. The minimum atomic E-state index is 0.512. The molecule has 0 spiro atoms. The molecule has 0 unspecified atom stereocenters. The second kappa shape index (κ2) is 5.01. The van der Waals surface area contributed by atoms with Gasteiger partial charge < -0.3 is 9.88 Å². The fourth-order valence-electron chi connectivity index (χ4n) is 3.31. The molecule has 1 aliphatic rings. The van der Waals surface area contributed by atoms with Crippen molar-refractivity contribution in [2.24, 2.45) is 7.05 Å². The van der Waals surface area contributed by atoms with Gasteiger partial charge in [-0.15, -0.1) is 0 Å². The van der Waals surface area contributed by atoms with Gasteiger partial charge in [0.1, 0.15) is 5.65 Å². The van der Waals surface area contributed by atoms with Gasteiger partial charge in [0.25, 0.3) is 0 Å². The lowest BCUT2D eigenvalue weighted by Gasteiger charge is -2.12. The number of hydrogen-bond donors (Lipinski definition) is 1. The molecular weight excluding hydrogens is 258 g/mol. The molecule has 3 nitrogen and oxygen atoms in total. The largest absolute Gasteiger partial charge is 0.336 e. The Morgan fingerprint density at radius 3 is 3.05 bits per heavy atom. The van der Waals surface area contributed by atoms with Crippen LogP contribution >= 0.6 is 0 Å². The normalized spacial score (nSPS) is 18.4. The summed E-state index contributed by atoms with van der Waals surface area (Å²) in [6, 6.07) is 13.7. The number of aromatic nitrogens is 2. The monoisotopic (exact) mass is 277 g/mol. The number of nitrogens with one attached hydrogen (secondary N) is 1. The van der Waals surface area contributed by atoms with Crippen LogP contribution in [0.25, 0.3) is 22.2 Å². The van der Waals surface area contributed by atoms with Gasteiger partial charge in [0.15, 0.2) is 0 Å². The van der Waals surface area contributed by atoms with Gasteiger partial charge >= 0.3 is 0 Å². The Hall–Kier alpha value is -2.13. The van der Waals surface area contributed by atoms with E-state index in [9.17, 15) is 0 Å². The molecule has 0 radical (unpaired) electrons. The molecule has 0 bridgehead atoms. The van der Waals surface area contributed by atoms with E-state index in [2.05, 4.69) is 57.5 Å². The molecular formula is C18H19N3. The minimum Gasteiger partial charge on any atom is -0.336 e. The minimum absolute atomic E-state index is 0.512. The summed E-state index contributed by atoms with van der Waals surface area (Å²) in [7, 11) is 2.04. The first-order chi connectivity index (χ1) is 10.3. The summed E-state index contributed by atoms with van der Waals surface area (Å²) in [5.41, 5.74) is 4.98. The van der Waals surface area contributed by atoms with Crippen molar-refractivity contribution in [3.63, 3.8) is 0 Å². The molecule has 0 aliphatic carbocycles. The van der Waals surface area contributed by atoms with Crippen LogP contribution in [0.15, 0.2) is 48.8 Å². The molecule has 1 aliphatic heterocycles. The Labute approximate surface area is 124 Å². The molecule has 1 atom stereocenters. The van der Waals surface area contributed by atoms with Gasteiger partial charge in [-0.05, 0) is 54.3 Å². The molecule has 1 fully saturated rings. The van der Waals surface area contributed by atoms with Crippen molar-refractivity contribution in [2.45, 2.75) is 18.9 Å². The number of benzene rings is 1. The van der Waals surface area contributed by atoms with Gasteiger partial charge in [-0.1, -0.05) is 18.2 Å². The summed E-state index contributed by atoms with van der Waals surface area (Å²) in [4.78, 5) is 4.48. The second-order valence-electron chi connectivity index (χ2n) is 5.80. The predicted octanol–water partition coefficient (Wildman–Crippen LogP) is 3.66. The maximum absolute atomic E-state index is 4.48. The summed E-state index contributed by atoms with van der Waals surface area (Å²) in [5.74, 6) is 0. The summed E-state index contributed by atoms with van der Waals surface area (Å²) in [6.07, 6.45) is 6.48. The number of nitrogens with zero attached hydrogens (tertiary/aromatic N) is 2. The average Bonchev–Trinajstić information content (AvgIpc) is 3.18. The van der Waals surface area contributed by atoms with E-state index in [1.165, 1.54) is 34.9 Å². The van der Waals surface area contributed by atoms with Crippen LogP contribution in [-0.4, -0.2) is 16.1 Å². The maximum Gasteiger partial charge on any atom is 0.140 e. The van der Waals surface area contributed by atoms with Gasteiger partial charge in [0.05, 0.1) is 0 Å². The lowest BCUT2D eigenvalue weighted by Crippen LogP contribution is -2.12. The predicted molar refractivity (Wildman–Crippen MR) is 86.1 cm³/mol. The quantitative estimate of drug-likeness (QED) is 0.774. The van der Waals surface area contributed by atoms with Crippen molar-refractivity contribution >= 4 is 11.0 Å². The standard InChI is InChI=1S/C18H19N3/c1-21-11-8-16-15(7-10-20-18(16)21)13-4-2-5-14(12-13)17-6-3-9-19-17/h2,4-5,7-8,10-12,17,19H,3,6,9H2,1H3/t17-/m0/s1. The van der Waals surface area contributed by atoms with E-state index < -0.39 is 0 Å². The molecule has 21 heavy (non-hydrogen) atoms. The zero-order valence-electron chi connectivity index (χ0n) is 12.2. The van der Waals surface area contributed by atoms with Crippen molar-refractivity contribution < 1.29 is 0 Å². The van der Waals surface area contributed by atoms with Crippen LogP contribution in [0, 0.1) is 0 Å². The Morgan fingerprint density at radius 2 is 2.19 bits per heavy atom. The molecule has 1 saturated heterocycles. The molecule has 3 heteroatoms. The van der Waals surface area contributed by atoms with Crippen LogP contribution < -0.4 is 5.32 Å². The number of rotatable bonds is 2. The Bertz CT molecular complexity index is 782. The van der Waals surface area contributed by atoms with Crippen molar-refractivity contribution in [3.8, 4) is 11.1 Å². The highest BCUT2D eigenvalue weighted by molar-refractivity contribution is 5.93. The van der Waals surface area contributed by atoms with Crippen LogP contribution in [0.2, 0.25) is 0 Å². The lowest BCUT2D eigenvalue weighted by atomic mass is 9.98. The lowest BCUT2D eigenvalue weighted by molar-refractivity contribution is 0.648. The van der Waals surface area contributed by atoms with Crippen molar-refractivity contribution in [1.82, 2.24) is 14.9 Å². The summed E-state index contributed by atoms with van der Waals surface area (Å²) in [6.45, 7) is 1.13. The van der Waals surface area contributed by atoms with Crippen LogP contribution in [0.4, 0.5) is 0 Å². The molecule has 3 aromatic rings. The van der Waals surface area contributed by atoms with E-state index >= 15 is 0 Å². The summed E-state index contributed by atoms with van der Waals surface area (Å²) in [5, 5.41) is 4.80. The zero-order valence-corrected chi connectivity index (χ0v) is 12.2. The van der Waals surface area contributed by atoms with E-state index in [-0.39, 0.29) is 0 Å². The SMILES string of the molecule is Cn1ccc2c(-c3cccc([C@@H]4CCCN4)c3)ccnc21. The highest BCUT2D eigenvalue weighted by Gasteiger charge is 2.16. The van der Waals surface area contributed by atoms with E-state index in [0.717, 1.165) is 12.2 Å². The summed E-state index contributed by atoms with van der Waals surface area (Å²) < 4.78 is 2.07. The van der Waals surface area contributed by atoms with Gasteiger partial charge in [-0.3, -0.25) is 0 Å². The number of fused-ring (bicyclic) bond motifs is 1. The van der Waals surface area contributed by atoms with Gasteiger partial charge in [-0.25, -0.2) is 4.98 Å². The molecule has 1 N–H and O–H groups in total. The second-order valence-corrected chi connectivity index (χ2v) is 5.80. The molecule has 4 rings (SSSR count). The van der Waals surface area contributed by atoms with E-state index in [1.54, 1.807) is 0 Å². The van der Waals surface area contributed by atoms with Gasteiger partial charge in [-0.2, -0.15) is 0 Å². The molecule has 0 saturated carbocycles. The van der Waals surface area contributed by atoms with Crippen molar-refractivity contribution in [3.05, 3.63) is 54.4 Å². The summed E-state index contributed by atoms with van der Waals surface area (Å²) >= 11 is 0. The van der Waals surface area contributed by atoms with Crippen molar-refractivity contribution in [1.29, 1.82) is 0 Å². The van der Waals surface area contributed by atoms with Crippen molar-refractivity contribution in [2.75, 3.05) is 6.54 Å². The van der Waals surface area contributed by atoms with Crippen LogP contribution in [0.5, 0.6) is 0 Å². The van der Waals surface area contributed by atoms with Gasteiger partial charge in [0.2, 0.25) is 0 Å². The number of aryl methyl sites for hydroxylation is 1. The average molecular weight is 277 g/mol. The molecule has 1 aromatic carbocycles. The van der Waals surface area contributed by atoms with E-state index in [4.69, 9.17) is 0 Å². The molecule has 0 amide bonds. The van der Waals surface area contributed by atoms with Gasteiger partial charge in [0, 0.05) is 30.9 Å². The fourth-order valence-corrected chi connectivity index (χ4v) is 3.31. The molecule has 106 valence electrons. The molecule has 3 heterocycles. The first-order valence-electron chi connectivity index (χ1n) is 7.57. The third-order valence-electron chi connectivity index (χ3n) is 4.43. The highest BCUT2D eigenvalue weighted by atomic mass is 15.0. The van der Waals surface area contributed by atoms with E-state index in [1.807, 2.05) is 13.2 Å². The fraction of sp³-hybridized carbons (Fsp3) is 0.278. The van der Waals surface area contributed by atoms with Crippen LogP contribution in [0.1, 0.15) is 24.4 Å². The topological polar surface area (TPSA) is 29.9 Å². The highest BCUT2D eigenvalue weighted by Crippen LogP contribution is 2.31. The van der Waals surface area contributed by atoms with Crippen LogP contribution in [0.3, 0.4) is 0 Å². The third kappa shape index (κ3) is 2.14. The maximum atomic E-state index is 4.48. The number of hydrogen-bond acceptors (Lipinski definition) is 2. The van der Waals surface area contributed by atoms with Crippen LogP contribution in [-0.2, 0) is 7.05 Å². The number of pyridine rings is 1. The van der Waals surface area contributed by atoms with E-state index in [0.29, 0.717) is 6.04 Å². The third-order valence-corrected chi connectivity index (χ3v) is 4.43. The zero-order chi connectivity index (χ0) is 14.2. The Kier molecular flexibility index (Phi) is 3.00. The Balaban J connectivity index is 1.83. The first kappa shape index (κ1) is 12.6. The molecule has 2 aromatic heterocycles. The first-order valence-corrected chi connectivity index (χ1v) is 7.57. The Morgan fingerprint density at radius 1 is 1.24 bits per heavy atom.